The molecule has 4 aromatic rings. The molecule has 1 aliphatic rings. The van der Waals surface area contributed by atoms with Crippen LogP contribution in [0.2, 0.25) is 4.34 Å². The molecule has 34 heavy (non-hydrogen) atoms. The van der Waals surface area contributed by atoms with Crippen LogP contribution in [0.15, 0.2) is 69.9 Å². The van der Waals surface area contributed by atoms with Gasteiger partial charge in [0.2, 0.25) is 0 Å². The van der Waals surface area contributed by atoms with E-state index in [0.29, 0.717) is 32.7 Å². The van der Waals surface area contributed by atoms with Gasteiger partial charge in [0.25, 0.3) is 15.6 Å². The third-order valence-electron chi connectivity index (χ3n) is 5.15. The molecule has 2 aromatic carbocycles. The highest BCUT2D eigenvalue weighted by atomic mass is 35.5. The van der Waals surface area contributed by atoms with Crippen molar-refractivity contribution >= 4 is 61.3 Å². The summed E-state index contributed by atoms with van der Waals surface area (Å²) in [4.78, 5) is 29.6. The van der Waals surface area contributed by atoms with E-state index in [1.807, 2.05) is 16.9 Å². The lowest BCUT2D eigenvalue weighted by Crippen LogP contribution is -2.33. The maximum atomic E-state index is 13.0. The second-order valence-electron chi connectivity index (χ2n) is 7.74. The van der Waals surface area contributed by atoms with Crippen LogP contribution in [0.1, 0.15) is 12.8 Å². The van der Waals surface area contributed by atoms with Gasteiger partial charge in [-0.2, -0.15) is 0 Å². The molecule has 0 aliphatic heterocycles. The third kappa shape index (κ3) is 4.76. The van der Waals surface area contributed by atoms with E-state index < -0.39 is 16.1 Å². The van der Waals surface area contributed by atoms with Gasteiger partial charge in [-0.15, -0.1) is 11.3 Å². The van der Waals surface area contributed by atoms with Crippen LogP contribution in [0, 0.1) is 0 Å². The number of aromatic nitrogens is 2. The van der Waals surface area contributed by atoms with Gasteiger partial charge in [-0.05, 0) is 67.4 Å². The SMILES string of the molecule is O=C(Nc1ccc(-n2cnc3cc(NC4CC4)ccc3c2=O)cc1)NS(=O)(=O)c1ccc(Cl)s1. The fourth-order valence-electron chi connectivity index (χ4n) is 3.33. The van der Waals surface area contributed by atoms with Crippen molar-refractivity contribution in [2.24, 2.45) is 0 Å². The summed E-state index contributed by atoms with van der Waals surface area (Å²) in [5.41, 5.74) is 2.22. The molecule has 9 nitrogen and oxygen atoms in total. The summed E-state index contributed by atoms with van der Waals surface area (Å²) in [5, 5.41) is 6.34. The fraction of sp³-hybridized carbons (Fsp3) is 0.136. The standard InChI is InChI=1S/C22H18ClN5O4S2/c23-19-9-10-20(33-19)34(31,32)27-22(30)26-14-3-6-16(7-4-14)28-12-24-18-11-15(25-13-1-2-13)5-8-17(18)21(28)29/h3-13,25H,1-2H2,(H2,26,27,30). The predicted octanol–water partition coefficient (Wildman–Crippen LogP) is 4.19. The monoisotopic (exact) mass is 515 g/mol. The number of halogens is 1. The normalized spacial score (nSPS) is 13.6. The van der Waals surface area contributed by atoms with Crippen LogP contribution >= 0.6 is 22.9 Å². The average molecular weight is 516 g/mol. The number of sulfonamides is 1. The summed E-state index contributed by atoms with van der Waals surface area (Å²) in [6.45, 7) is 0. The van der Waals surface area contributed by atoms with E-state index in [2.05, 4.69) is 15.6 Å². The van der Waals surface area contributed by atoms with Crippen molar-refractivity contribution in [3.63, 3.8) is 0 Å². The highest BCUT2D eigenvalue weighted by molar-refractivity contribution is 7.92. The summed E-state index contributed by atoms with van der Waals surface area (Å²) in [5.74, 6) is 0. The van der Waals surface area contributed by atoms with Crippen molar-refractivity contribution in [3.8, 4) is 5.69 Å². The molecule has 0 atom stereocenters. The zero-order chi connectivity index (χ0) is 23.9. The van der Waals surface area contributed by atoms with Crippen LogP contribution < -0.4 is 20.9 Å². The van der Waals surface area contributed by atoms with Gasteiger partial charge in [-0.25, -0.2) is 22.9 Å². The molecule has 0 unspecified atom stereocenters. The molecule has 0 saturated heterocycles. The summed E-state index contributed by atoms with van der Waals surface area (Å²) in [6.07, 6.45) is 3.76. The number of nitrogens with zero attached hydrogens (tertiary/aromatic N) is 2. The average Bonchev–Trinajstić information content (AvgIpc) is 3.50. The summed E-state index contributed by atoms with van der Waals surface area (Å²) < 4.78 is 28.0. The Balaban J connectivity index is 1.31. The van der Waals surface area contributed by atoms with Crippen molar-refractivity contribution in [2.45, 2.75) is 23.1 Å². The van der Waals surface area contributed by atoms with Crippen LogP contribution in [0.5, 0.6) is 0 Å². The van der Waals surface area contributed by atoms with Crippen molar-refractivity contribution < 1.29 is 13.2 Å². The van der Waals surface area contributed by atoms with Gasteiger partial charge >= 0.3 is 6.03 Å². The molecular weight excluding hydrogens is 498 g/mol. The Morgan fingerprint density at radius 3 is 2.47 bits per heavy atom. The molecule has 0 spiro atoms. The molecule has 5 rings (SSSR count). The second kappa shape index (κ2) is 8.75. The summed E-state index contributed by atoms with van der Waals surface area (Å²) in [6, 6.07) is 14.2. The van der Waals surface area contributed by atoms with Gasteiger partial charge in [0.15, 0.2) is 0 Å². The number of carbonyl (C=O) groups excluding carboxylic acids is 1. The number of hydrogen-bond donors (Lipinski definition) is 3. The first-order chi connectivity index (χ1) is 16.3. The van der Waals surface area contributed by atoms with E-state index in [-0.39, 0.29) is 9.77 Å². The number of nitrogens with one attached hydrogen (secondary N) is 3. The van der Waals surface area contributed by atoms with E-state index in [9.17, 15) is 18.0 Å². The van der Waals surface area contributed by atoms with Crippen LogP contribution in [-0.2, 0) is 10.0 Å². The van der Waals surface area contributed by atoms with Crippen LogP contribution in [0.25, 0.3) is 16.6 Å². The smallest absolute Gasteiger partial charge is 0.333 e. The van der Waals surface area contributed by atoms with E-state index in [4.69, 9.17) is 11.6 Å². The van der Waals surface area contributed by atoms with Gasteiger partial charge in [0.05, 0.1) is 20.9 Å². The lowest BCUT2D eigenvalue weighted by atomic mass is 10.2. The van der Waals surface area contributed by atoms with Crippen LogP contribution in [0.4, 0.5) is 16.2 Å². The minimum Gasteiger partial charge on any atom is -0.382 e. The maximum Gasteiger partial charge on any atom is 0.333 e. The largest absolute Gasteiger partial charge is 0.382 e. The number of thiophene rings is 1. The predicted molar refractivity (Wildman–Crippen MR) is 133 cm³/mol. The van der Waals surface area contributed by atoms with E-state index in [1.165, 1.54) is 23.0 Å². The zero-order valence-electron chi connectivity index (χ0n) is 17.5. The first-order valence-electron chi connectivity index (χ1n) is 10.3. The summed E-state index contributed by atoms with van der Waals surface area (Å²) in [7, 11) is -4.03. The molecule has 1 fully saturated rings. The number of amides is 2. The highest BCUT2D eigenvalue weighted by Crippen LogP contribution is 2.26. The Hall–Kier alpha value is -3.41. The lowest BCUT2D eigenvalue weighted by molar-refractivity contribution is 0.256. The Labute approximate surface area is 203 Å². The molecule has 2 amide bonds. The van der Waals surface area contributed by atoms with E-state index in [1.54, 1.807) is 30.3 Å². The number of carbonyl (C=O) groups is 1. The number of anilines is 2. The Morgan fingerprint density at radius 1 is 1.06 bits per heavy atom. The van der Waals surface area contributed by atoms with Crippen molar-refractivity contribution in [1.82, 2.24) is 14.3 Å². The van der Waals surface area contributed by atoms with Crippen LogP contribution in [0.3, 0.4) is 0 Å². The lowest BCUT2D eigenvalue weighted by Gasteiger charge is -2.10. The van der Waals surface area contributed by atoms with Gasteiger partial charge < -0.3 is 10.6 Å². The van der Waals surface area contributed by atoms with Crippen molar-refractivity contribution in [2.75, 3.05) is 10.6 Å². The molecule has 2 heterocycles. The third-order valence-corrected chi connectivity index (χ3v) is 8.21. The zero-order valence-corrected chi connectivity index (χ0v) is 19.9. The topological polar surface area (TPSA) is 122 Å². The molecule has 174 valence electrons. The molecular formula is C22H18ClN5O4S2. The molecule has 2 aromatic heterocycles. The van der Waals surface area contributed by atoms with E-state index in [0.717, 1.165) is 29.9 Å². The quantitative estimate of drug-likeness (QED) is 0.354. The molecule has 1 aliphatic carbocycles. The first-order valence-corrected chi connectivity index (χ1v) is 12.9. The molecule has 0 radical (unpaired) electrons. The minimum absolute atomic E-state index is 0.0679. The molecule has 12 heteroatoms. The Morgan fingerprint density at radius 2 is 1.79 bits per heavy atom. The maximum absolute atomic E-state index is 13.0. The molecule has 1 saturated carbocycles. The highest BCUT2D eigenvalue weighted by Gasteiger charge is 2.21. The number of urea groups is 1. The van der Waals surface area contributed by atoms with Gasteiger partial charge in [0.1, 0.15) is 10.5 Å². The fourth-order valence-corrected chi connectivity index (χ4v) is 5.72. The summed E-state index contributed by atoms with van der Waals surface area (Å²) >= 11 is 6.61. The number of fused-ring (bicyclic) bond motifs is 1. The van der Waals surface area contributed by atoms with E-state index >= 15 is 0 Å². The van der Waals surface area contributed by atoms with Crippen LogP contribution in [-0.4, -0.2) is 30.0 Å². The minimum atomic E-state index is -4.03. The number of benzene rings is 2. The van der Waals surface area contributed by atoms with Gasteiger partial charge in [-0.1, -0.05) is 11.6 Å². The Kier molecular flexibility index (Phi) is 5.76. The van der Waals surface area contributed by atoms with Crippen molar-refractivity contribution in [3.05, 3.63) is 75.6 Å². The number of rotatable bonds is 6. The van der Waals surface area contributed by atoms with Crippen molar-refractivity contribution in [1.29, 1.82) is 0 Å². The molecule has 0 bridgehead atoms. The van der Waals surface area contributed by atoms with Gasteiger partial charge in [0, 0.05) is 17.4 Å². The second-order valence-corrected chi connectivity index (χ2v) is 11.4. The van der Waals surface area contributed by atoms with Gasteiger partial charge in [-0.3, -0.25) is 9.36 Å². The number of hydrogen-bond acceptors (Lipinski definition) is 7. The first kappa shape index (κ1) is 22.4. The Bertz CT molecular complexity index is 1560. The molecule has 3 N–H and O–H groups in total.